The van der Waals surface area contributed by atoms with E-state index in [-0.39, 0.29) is 11.7 Å². The van der Waals surface area contributed by atoms with E-state index in [1.54, 1.807) is 25.4 Å². The van der Waals surface area contributed by atoms with Crippen LogP contribution in [-0.4, -0.2) is 16.6 Å². The molecule has 1 heterocycles. The molecule has 1 aromatic carbocycles. The van der Waals surface area contributed by atoms with Crippen LogP contribution >= 0.6 is 0 Å². The fourth-order valence-corrected chi connectivity index (χ4v) is 1.44. The van der Waals surface area contributed by atoms with Gasteiger partial charge in [-0.3, -0.25) is 9.78 Å². The Morgan fingerprint density at radius 3 is 2.58 bits per heavy atom. The molecule has 19 heavy (non-hydrogen) atoms. The van der Waals surface area contributed by atoms with Gasteiger partial charge in [0.25, 0.3) is 5.91 Å². The summed E-state index contributed by atoms with van der Waals surface area (Å²) in [7, 11) is 0. The number of hydrogen-bond donors (Lipinski definition) is 1. The van der Waals surface area contributed by atoms with Gasteiger partial charge in [0.05, 0.1) is 5.71 Å². The first-order valence-electron chi connectivity index (χ1n) is 5.67. The number of carbonyl (C=O) groups excluding carboxylic acids is 1. The zero-order chi connectivity index (χ0) is 13.7. The Bertz CT molecular complexity index is 594. The molecule has 0 spiro atoms. The summed E-state index contributed by atoms with van der Waals surface area (Å²) in [5.41, 5.74) is 4.23. The van der Waals surface area contributed by atoms with Crippen LogP contribution in [0.1, 0.15) is 22.8 Å². The van der Waals surface area contributed by atoms with Gasteiger partial charge in [-0.15, -0.1) is 0 Å². The van der Waals surface area contributed by atoms with E-state index in [9.17, 15) is 9.18 Å². The van der Waals surface area contributed by atoms with Crippen LogP contribution in [-0.2, 0) is 0 Å². The highest BCUT2D eigenvalue weighted by atomic mass is 19.1. The lowest BCUT2D eigenvalue weighted by Crippen LogP contribution is -2.19. The quantitative estimate of drug-likeness (QED) is 0.678. The molecule has 1 N–H and O–H groups in total. The van der Waals surface area contributed by atoms with Gasteiger partial charge in [-0.2, -0.15) is 5.10 Å². The van der Waals surface area contributed by atoms with Crippen molar-refractivity contribution in [1.82, 2.24) is 10.4 Å². The molecule has 4 nitrogen and oxygen atoms in total. The second-order valence-corrected chi connectivity index (χ2v) is 3.89. The molecule has 96 valence electrons. The van der Waals surface area contributed by atoms with Crippen LogP contribution in [0, 0.1) is 5.82 Å². The first-order chi connectivity index (χ1) is 9.16. The van der Waals surface area contributed by atoms with Crippen LogP contribution < -0.4 is 5.43 Å². The molecule has 0 aliphatic heterocycles. The van der Waals surface area contributed by atoms with Crippen molar-refractivity contribution < 1.29 is 9.18 Å². The van der Waals surface area contributed by atoms with E-state index in [1.807, 2.05) is 6.07 Å². The first-order valence-corrected chi connectivity index (χ1v) is 5.67. The maximum absolute atomic E-state index is 12.7. The topological polar surface area (TPSA) is 54.4 Å². The number of halogens is 1. The molecule has 1 aromatic heterocycles. The van der Waals surface area contributed by atoms with Crippen LogP contribution in [0.5, 0.6) is 0 Å². The normalized spacial score (nSPS) is 11.2. The Balaban J connectivity index is 2.06. The summed E-state index contributed by atoms with van der Waals surface area (Å²) in [4.78, 5) is 15.7. The van der Waals surface area contributed by atoms with Gasteiger partial charge in [0.1, 0.15) is 5.82 Å². The molecule has 0 bridgehead atoms. The minimum atomic E-state index is -0.386. The number of carbonyl (C=O) groups is 1. The summed E-state index contributed by atoms with van der Waals surface area (Å²) < 4.78 is 12.7. The number of aromatic nitrogens is 1. The first kappa shape index (κ1) is 12.9. The van der Waals surface area contributed by atoms with Crippen LogP contribution in [0.3, 0.4) is 0 Å². The molecule has 5 heteroatoms. The largest absolute Gasteiger partial charge is 0.271 e. The number of rotatable bonds is 3. The SMILES string of the molecule is C/C(=N\NC(=O)c1ccc(F)cc1)c1cccnc1. The third kappa shape index (κ3) is 3.45. The number of hydrazone groups is 1. The monoisotopic (exact) mass is 257 g/mol. The van der Waals surface area contributed by atoms with Gasteiger partial charge in [-0.1, -0.05) is 6.07 Å². The van der Waals surface area contributed by atoms with Gasteiger partial charge >= 0.3 is 0 Å². The van der Waals surface area contributed by atoms with E-state index in [0.29, 0.717) is 11.3 Å². The van der Waals surface area contributed by atoms with Crippen molar-refractivity contribution in [2.45, 2.75) is 6.92 Å². The summed E-state index contributed by atoms with van der Waals surface area (Å²) in [5, 5.41) is 3.98. The lowest BCUT2D eigenvalue weighted by molar-refractivity contribution is 0.0955. The Kier molecular flexibility index (Phi) is 3.97. The Hall–Kier alpha value is -2.56. The summed E-state index contributed by atoms with van der Waals surface area (Å²) in [5.74, 6) is -0.769. The standard InChI is InChI=1S/C14H12FN3O/c1-10(12-3-2-8-16-9-12)17-18-14(19)11-4-6-13(15)7-5-11/h2-9H,1H3,(H,18,19)/b17-10+. The van der Waals surface area contributed by atoms with Gasteiger partial charge in [-0.25, -0.2) is 9.82 Å². The predicted molar refractivity (Wildman–Crippen MR) is 70.3 cm³/mol. The Labute approximate surface area is 110 Å². The van der Waals surface area contributed by atoms with Crippen molar-refractivity contribution in [3.63, 3.8) is 0 Å². The van der Waals surface area contributed by atoms with Crippen LogP contribution in [0.25, 0.3) is 0 Å². The summed E-state index contributed by atoms with van der Waals surface area (Å²) >= 11 is 0. The number of nitrogens with one attached hydrogen (secondary N) is 1. The lowest BCUT2D eigenvalue weighted by Gasteiger charge is -2.02. The van der Waals surface area contributed by atoms with E-state index >= 15 is 0 Å². The van der Waals surface area contributed by atoms with E-state index in [2.05, 4.69) is 15.5 Å². The molecule has 0 atom stereocenters. The second kappa shape index (κ2) is 5.86. The minimum absolute atomic E-state index is 0.351. The van der Waals surface area contributed by atoms with E-state index in [0.717, 1.165) is 5.56 Å². The van der Waals surface area contributed by atoms with Gasteiger partial charge < -0.3 is 0 Å². The molecule has 0 radical (unpaired) electrons. The maximum atomic E-state index is 12.7. The van der Waals surface area contributed by atoms with Crippen molar-refractivity contribution in [1.29, 1.82) is 0 Å². The minimum Gasteiger partial charge on any atom is -0.267 e. The highest BCUT2D eigenvalue weighted by Gasteiger charge is 2.04. The highest BCUT2D eigenvalue weighted by molar-refractivity contribution is 6.00. The summed E-state index contributed by atoms with van der Waals surface area (Å²) in [6.45, 7) is 1.77. The van der Waals surface area contributed by atoms with Crippen molar-refractivity contribution in [3.8, 4) is 0 Å². The number of pyridine rings is 1. The Morgan fingerprint density at radius 2 is 1.95 bits per heavy atom. The van der Waals surface area contributed by atoms with Crippen LogP contribution in [0.4, 0.5) is 4.39 Å². The van der Waals surface area contributed by atoms with Gasteiger partial charge in [-0.05, 0) is 37.3 Å². The molecule has 0 aliphatic carbocycles. The third-order valence-electron chi connectivity index (χ3n) is 2.51. The molecule has 2 rings (SSSR count). The number of amides is 1. The van der Waals surface area contributed by atoms with Gasteiger partial charge in [0, 0.05) is 23.5 Å². The molecule has 0 saturated carbocycles. The highest BCUT2D eigenvalue weighted by Crippen LogP contribution is 2.03. The lowest BCUT2D eigenvalue weighted by atomic mass is 10.2. The van der Waals surface area contributed by atoms with Gasteiger partial charge in [0.15, 0.2) is 0 Å². The molecule has 0 unspecified atom stereocenters. The van der Waals surface area contributed by atoms with E-state index in [1.165, 1.54) is 24.3 Å². The van der Waals surface area contributed by atoms with Crippen molar-refractivity contribution in [2.24, 2.45) is 5.10 Å². The van der Waals surface area contributed by atoms with Crippen LogP contribution in [0.15, 0.2) is 53.9 Å². The average Bonchev–Trinajstić information content (AvgIpc) is 2.46. The predicted octanol–water partition coefficient (Wildman–Crippen LogP) is 2.37. The average molecular weight is 257 g/mol. The van der Waals surface area contributed by atoms with Crippen LogP contribution in [0.2, 0.25) is 0 Å². The summed E-state index contributed by atoms with van der Waals surface area (Å²) in [6.07, 6.45) is 3.32. The zero-order valence-electron chi connectivity index (χ0n) is 10.3. The van der Waals surface area contributed by atoms with Crippen molar-refractivity contribution in [3.05, 3.63) is 65.7 Å². The Morgan fingerprint density at radius 1 is 1.21 bits per heavy atom. The second-order valence-electron chi connectivity index (χ2n) is 3.89. The molecule has 0 saturated heterocycles. The number of hydrogen-bond acceptors (Lipinski definition) is 3. The van der Waals surface area contributed by atoms with E-state index in [4.69, 9.17) is 0 Å². The maximum Gasteiger partial charge on any atom is 0.271 e. The molecule has 0 aliphatic rings. The molecule has 2 aromatic rings. The van der Waals surface area contributed by atoms with E-state index < -0.39 is 0 Å². The fourth-order valence-electron chi connectivity index (χ4n) is 1.44. The molecular weight excluding hydrogens is 245 g/mol. The van der Waals surface area contributed by atoms with Crippen molar-refractivity contribution in [2.75, 3.05) is 0 Å². The fraction of sp³-hybridized carbons (Fsp3) is 0.0714. The number of nitrogens with zero attached hydrogens (tertiary/aromatic N) is 2. The third-order valence-corrected chi connectivity index (χ3v) is 2.51. The molecule has 1 amide bonds. The molecule has 0 fully saturated rings. The van der Waals surface area contributed by atoms with Gasteiger partial charge in [0.2, 0.25) is 0 Å². The van der Waals surface area contributed by atoms with Crippen molar-refractivity contribution >= 4 is 11.6 Å². The molecular formula is C14H12FN3O. The number of benzene rings is 1. The zero-order valence-corrected chi connectivity index (χ0v) is 10.3. The summed E-state index contributed by atoms with van der Waals surface area (Å²) in [6, 6.07) is 8.89. The smallest absolute Gasteiger partial charge is 0.267 e.